The molecule has 0 fully saturated rings. The number of aryl methyl sites for hydroxylation is 1. The van der Waals surface area contributed by atoms with Gasteiger partial charge in [-0.25, -0.2) is 9.97 Å². The predicted octanol–water partition coefficient (Wildman–Crippen LogP) is 5.26. The van der Waals surface area contributed by atoms with Gasteiger partial charge < -0.3 is 20.1 Å². The number of hydrogen-bond acceptors (Lipinski definition) is 6. The number of nitrogens with zero attached hydrogens (tertiary/aromatic N) is 3. The minimum absolute atomic E-state index is 0.133. The SMILES string of the molecule is C[C@H](O)[C@@H](CCc1ccccc1OCc1csc(-c2ccc(C(F)(F)F)cc2)n1)n1cnc(C(N)=O)c1. The van der Waals surface area contributed by atoms with E-state index < -0.39 is 23.8 Å². The lowest BCUT2D eigenvalue weighted by molar-refractivity contribution is -0.137. The quantitative estimate of drug-likeness (QED) is 0.291. The second-order valence-electron chi connectivity index (χ2n) is 8.53. The number of carbonyl (C=O) groups is 1. The third-order valence-corrected chi connectivity index (χ3v) is 6.80. The molecule has 194 valence electrons. The van der Waals surface area contributed by atoms with E-state index in [1.54, 1.807) is 11.5 Å². The van der Waals surface area contributed by atoms with E-state index >= 15 is 0 Å². The van der Waals surface area contributed by atoms with Crippen molar-refractivity contribution < 1.29 is 27.8 Å². The monoisotopic (exact) mass is 530 g/mol. The molecule has 1 amide bonds. The van der Waals surface area contributed by atoms with E-state index in [0.717, 1.165) is 17.7 Å². The second-order valence-corrected chi connectivity index (χ2v) is 9.39. The molecule has 37 heavy (non-hydrogen) atoms. The summed E-state index contributed by atoms with van der Waals surface area (Å²) >= 11 is 1.33. The van der Waals surface area contributed by atoms with E-state index in [-0.39, 0.29) is 18.3 Å². The summed E-state index contributed by atoms with van der Waals surface area (Å²) in [6, 6.07) is 12.1. The molecular weight excluding hydrogens is 505 g/mol. The number of ether oxygens (including phenoxy) is 1. The van der Waals surface area contributed by atoms with Gasteiger partial charge in [-0.1, -0.05) is 30.3 Å². The van der Waals surface area contributed by atoms with Crippen LogP contribution in [0.15, 0.2) is 66.4 Å². The van der Waals surface area contributed by atoms with Gasteiger partial charge in [0.2, 0.25) is 0 Å². The number of para-hydroxylation sites is 1. The number of aliphatic hydroxyl groups excluding tert-OH is 1. The first-order valence-corrected chi connectivity index (χ1v) is 12.3. The minimum Gasteiger partial charge on any atom is -0.487 e. The Kier molecular flexibility index (Phi) is 7.94. The Morgan fingerprint density at radius 2 is 1.92 bits per heavy atom. The maximum absolute atomic E-state index is 12.8. The average molecular weight is 531 g/mol. The molecule has 0 unspecified atom stereocenters. The van der Waals surface area contributed by atoms with Crippen LogP contribution in [0.5, 0.6) is 5.75 Å². The van der Waals surface area contributed by atoms with Gasteiger partial charge in [0.05, 0.1) is 29.7 Å². The van der Waals surface area contributed by atoms with E-state index in [0.29, 0.717) is 34.9 Å². The van der Waals surface area contributed by atoms with Crippen LogP contribution >= 0.6 is 11.3 Å². The highest BCUT2D eigenvalue weighted by Gasteiger charge is 2.30. The molecule has 0 bridgehead atoms. The second kappa shape index (κ2) is 11.1. The molecule has 7 nitrogen and oxygen atoms in total. The van der Waals surface area contributed by atoms with E-state index in [9.17, 15) is 23.1 Å². The topological polar surface area (TPSA) is 103 Å². The summed E-state index contributed by atoms with van der Waals surface area (Å²) in [5.74, 6) is 0.0322. The summed E-state index contributed by atoms with van der Waals surface area (Å²) in [7, 11) is 0. The zero-order valence-corrected chi connectivity index (χ0v) is 20.7. The first kappa shape index (κ1) is 26.4. The first-order valence-electron chi connectivity index (χ1n) is 11.5. The number of hydrogen-bond donors (Lipinski definition) is 2. The standard InChI is InChI=1S/C26H25F3N4O3S/c1-16(34)22(33-12-21(24(30)35)31-15-33)11-8-17-4-2-3-5-23(17)36-13-20-14-37-25(32-20)18-6-9-19(10-7-18)26(27,28)29/h2-7,9-10,12,14-16,22,34H,8,11,13H2,1H3,(H2,30,35)/t16-,22+/m0/s1. The van der Waals surface area contributed by atoms with Crippen molar-refractivity contribution in [2.75, 3.05) is 0 Å². The van der Waals surface area contributed by atoms with Gasteiger partial charge in [-0.15, -0.1) is 11.3 Å². The van der Waals surface area contributed by atoms with Gasteiger partial charge in [-0.05, 0) is 43.5 Å². The van der Waals surface area contributed by atoms with Crippen molar-refractivity contribution in [3.63, 3.8) is 0 Å². The van der Waals surface area contributed by atoms with Crippen LogP contribution in [0.25, 0.3) is 10.6 Å². The van der Waals surface area contributed by atoms with Gasteiger partial charge in [-0.2, -0.15) is 13.2 Å². The highest BCUT2D eigenvalue weighted by molar-refractivity contribution is 7.13. The smallest absolute Gasteiger partial charge is 0.416 e. The number of imidazole rings is 1. The Morgan fingerprint density at radius 1 is 1.19 bits per heavy atom. The average Bonchev–Trinajstić information content (AvgIpc) is 3.53. The number of carbonyl (C=O) groups excluding carboxylic acids is 1. The van der Waals surface area contributed by atoms with Crippen molar-refractivity contribution in [3.05, 3.63) is 88.9 Å². The number of amides is 1. The molecule has 4 rings (SSSR count). The predicted molar refractivity (Wildman–Crippen MR) is 133 cm³/mol. The van der Waals surface area contributed by atoms with Gasteiger partial charge in [0.15, 0.2) is 0 Å². The molecule has 2 heterocycles. The van der Waals surface area contributed by atoms with Crippen LogP contribution in [-0.4, -0.2) is 31.7 Å². The van der Waals surface area contributed by atoms with Crippen molar-refractivity contribution in [2.45, 2.75) is 44.7 Å². The summed E-state index contributed by atoms with van der Waals surface area (Å²) in [5.41, 5.74) is 6.91. The summed E-state index contributed by atoms with van der Waals surface area (Å²) in [5, 5.41) is 12.7. The third kappa shape index (κ3) is 6.55. The molecule has 0 radical (unpaired) electrons. The van der Waals surface area contributed by atoms with E-state index in [2.05, 4.69) is 9.97 Å². The molecule has 2 atom stereocenters. The zero-order chi connectivity index (χ0) is 26.6. The van der Waals surface area contributed by atoms with E-state index in [1.165, 1.54) is 36.0 Å². The highest BCUT2D eigenvalue weighted by Crippen LogP contribution is 2.32. The van der Waals surface area contributed by atoms with Gasteiger partial charge in [-0.3, -0.25) is 4.79 Å². The van der Waals surface area contributed by atoms with Crippen molar-refractivity contribution >= 4 is 17.2 Å². The number of rotatable bonds is 10. The fourth-order valence-corrected chi connectivity index (χ4v) is 4.71. The number of alkyl halides is 3. The van der Waals surface area contributed by atoms with Crippen LogP contribution in [0, 0.1) is 0 Å². The van der Waals surface area contributed by atoms with E-state index in [4.69, 9.17) is 10.5 Å². The zero-order valence-electron chi connectivity index (χ0n) is 19.9. The number of aromatic nitrogens is 3. The molecule has 0 aliphatic carbocycles. The lowest BCUT2D eigenvalue weighted by Crippen LogP contribution is -2.21. The lowest BCUT2D eigenvalue weighted by Gasteiger charge is -2.22. The normalized spacial score (nSPS) is 13.3. The van der Waals surface area contributed by atoms with Crippen molar-refractivity contribution in [1.29, 1.82) is 0 Å². The molecule has 11 heteroatoms. The maximum atomic E-state index is 12.8. The Balaban J connectivity index is 1.40. The van der Waals surface area contributed by atoms with Crippen molar-refractivity contribution in [3.8, 4) is 16.3 Å². The molecular formula is C26H25F3N4O3S. The molecule has 0 aliphatic heterocycles. The fraction of sp³-hybridized carbons (Fsp3) is 0.269. The van der Waals surface area contributed by atoms with Crippen LogP contribution in [0.1, 0.15) is 46.7 Å². The van der Waals surface area contributed by atoms with Crippen molar-refractivity contribution in [2.24, 2.45) is 5.73 Å². The number of nitrogens with two attached hydrogens (primary N) is 1. The Labute approximate surface area is 215 Å². The van der Waals surface area contributed by atoms with Gasteiger partial charge in [0.1, 0.15) is 23.1 Å². The number of primary amides is 1. The maximum Gasteiger partial charge on any atom is 0.416 e. The minimum atomic E-state index is -4.38. The molecule has 3 N–H and O–H groups in total. The van der Waals surface area contributed by atoms with Crippen LogP contribution in [0.4, 0.5) is 13.2 Å². The summed E-state index contributed by atoms with van der Waals surface area (Å²) < 4.78 is 46.1. The van der Waals surface area contributed by atoms with Crippen molar-refractivity contribution in [1.82, 2.24) is 14.5 Å². The molecule has 0 saturated carbocycles. The molecule has 0 saturated heterocycles. The largest absolute Gasteiger partial charge is 0.487 e. The van der Waals surface area contributed by atoms with Gasteiger partial charge in [0, 0.05) is 17.1 Å². The summed E-state index contributed by atoms with van der Waals surface area (Å²) in [4.78, 5) is 19.9. The number of thiazole rings is 1. The third-order valence-electron chi connectivity index (χ3n) is 5.86. The molecule has 4 aromatic rings. The summed E-state index contributed by atoms with van der Waals surface area (Å²) in [6.07, 6.45) is -0.921. The Hall–Kier alpha value is -3.70. The molecule has 0 spiro atoms. The number of aliphatic hydroxyl groups is 1. The molecule has 0 aliphatic rings. The van der Waals surface area contributed by atoms with Gasteiger partial charge in [0.25, 0.3) is 5.91 Å². The van der Waals surface area contributed by atoms with Crippen LogP contribution < -0.4 is 10.5 Å². The first-order chi connectivity index (χ1) is 17.6. The van der Waals surface area contributed by atoms with Crippen LogP contribution in [0.2, 0.25) is 0 Å². The number of benzene rings is 2. The Bertz CT molecular complexity index is 1350. The lowest BCUT2D eigenvalue weighted by atomic mass is 10.0. The molecule has 2 aromatic carbocycles. The summed E-state index contributed by atoms with van der Waals surface area (Å²) in [6.45, 7) is 1.87. The van der Waals surface area contributed by atoms with E-state index in [1.807, 2.05) is 29.6 Å². The highest BCUT2D eigenvalue weighted by atomic mass is 32.1. The van der Waals surface area contributed by atoms with Crippen LogP contribution in [0.3, 0.4) is 0 Å². The Morgan fingerprint density at radius 3 is 2.57 bits per heavy atom. The van der Waals surface area contributed by atoms with Gasteiger partial charge >= 0.3 is 6.18 Å². The van der Waals surface area contributed by atoms with Crippen LogP contribution in [-0.2, 0) is 19.2 Å². The molecule has 2 aromatic heterocycles. The fourth-order valence-electron chi connectivity index (χ4n) is 3.90. The number of halogens is 3.